The fourth-order valence-corrected chi connectivity index (χ4v) is 2.80. The molecule has 1 aromatic carbocycles. The van der Waals surface area contributed by atoms with Crippen LogP contribution in [0.4, 0.5) is 5.69 Å². The molecule has 1 atom stereocenters. The van der Waals surface area contributed by atoms with Crippen LogP contribution in [0.5, 0.6) is 0 Å². The summed E-state index contributed by atoms with van der Waals surface area (Å²) in [5, 5.41) is 7.54. The molecule has 1 aromatic heterocycles. The molecule has 6 nitrogen and oxygen atoms in total. The summed E-state index contributed by atoms with van der Waals surface area (Å²) in [7, 11) is 0. The van der Waals surface area contributed by atoms with Crippen molar-refractivity contribution in [1.82, 2.24) is 14.7 Å². The Balaban J connectivity index is 1.62. The number of nitrogens with one attached hydrogen (secondary N) is 1. The fraction of sp³-hybridized carbons (Fsp3) is 0.412. The van der Waals surface area contributed by atoms with Crippen LogP contribution in [0, 0.1) is 0 Å². The molecule has 0 spiro atoms. The molecule has 2 aromatic rings. The largest absolute Gasteiger partial charge is 0.379 e. The Labute approximate surface area is 146 Å². The number of morpholine rings is 1. The van der Waals surface area contributed by atoms with Crippen LogP contribution in [0.3, 0.4) is 0 Å². The maximum atomic E-state index is 12.4. The van der Waals surface area contributed by atoms with E-state index in [1.165, 1.54) is 11.8 Å². The molecule has 1 N–H and O–H groups in total. The third-order valence-corrected chi connectivity index (χ3v) is 4.25. The Kier molecular flexibility index (Phi) is 5.50. The molecule has 2 heterocycles. The van der Waals surface area contributed by atoms with Crippen LogP contribution in [-0.2, 0) is 16.1 Å². The minimum absolute atomic E-state index is 0.127. The number of carbonyl (C=O) groups excluding carboxylic acids is 1. The number of nitrogens with zero attached hydrogens (tertiary/aromatic N) is 3. The van der Waals surface area contributed by atoms with Gasteiger partial charge < -0.3 is 10.1 Å². The first-order valence-corrected chi connectivity index (χ1v) is 8.39. The molecular formula is C17H21ClN4O2. The minimum Gasteiger partial charge on any atom is -0.379 e. The van der Waals surface area contributed by atoms with Crippen molar-refractivity contribution in [3.05, 3.63) is 47.2 Å². The van der Waals surface area contributed by atoms with E-state index in [9.17, 15) is 4.79 Å². The predicted octanol–water partition coefficient (Wildman–Crippen LogP) is 2.57. The van der Waals surface area contributed by atoms with Crippen molar-refractivity contribution < 1.29 is 9.53 Å². The van der Waals surface area contributed by atoms with Gasteiger partial charge in [-0.2, -0.15) is 5.10 Å². The molecule has 7 heteroatoms. The summed E-state index contributed by atoms with van der Waals surface area (Å²) < 4.78 is 6.92. The molecule has 1 saturated heterocycles. The molecule has 0 saturated carbocycles. The molecule has 128 valence electrons. The highest BCUT2D eigenvalue weighted by atomic mass is 35.5. The van der Waals surface area contributed by atoms with E-state index in [2.05, 4.69) is 21.4 Å². The summed E-state index contributed by atoms with van der Waals surface area (Å²) >= 11 is 5.85. The summed E-state index contributed by atoms with van der Waals surface area (Å²) in [5.41, 5.74) is 1.96. The van der Waals surface area contributed by atoms with Crippen LogP contribution in [-0.4, -0.2) is 46.9 Å². The Morgan fingerprint density at radius 2 is 2.21 bits per heavy atom. The van der Waals surface area contributed by atoms with Crippen molar-refractivity contribution in [2.24, 2.45) is 0 Å². The van der Waals surface area contributed by atoms with Gasteiger partial charge in [0.25, 0.3) is 0 Å². The van der Waals surface area contributed by atoms with Crippen LogP contribution in [0.2, 0.25) is 5.02 Å². The molecule has 1 aliphatic heterocycles. The highest BCUT2D eigenvalue weighted by Crippen LogP contribution is 2.16. The molecule has 24 heavy (non-hydrogen) atoms. The molecule has 0 aliphatic carbocycles. The van der Waals surface area contributed by atoms with E-state index in [1.54, 1.807) is 17.8 Å². The SMILES string of the molecule is CC(C(=O)Nc1cccc(CN2CCOCC2)c1)n1cc(Cl)cn1. The summed E-state index contributed by atoms with van der Waals surface area (Å²) in [5.74, 6) is -0.127. The normalized spacial score (nSPS) is 16.8. The lowest BCUT2D eigenvalue weighted by Crippen LogP contribution is -2.35. The lowest BCUT2D eigenvalue weighted by molar-refractivity contribution is -0.119. The maximum absolute atomic E-state index is 12.4. The summed E-state index contributed by atoms with van der Waals surface area (Å²) in [6.45, 7) is 6.08. The second-order valence-corrected chi connectivity index (χ2v) is 6.33. The van der Waals surface area contributed by atoms with Gasteiger partial charge in [0.1, 0.15) is 6.04 Å². The van der Waals surface area contributed by atoms with E-state index in [0.717, 1.165) is 38.5 Å². The lowest BCUT2D eigenvalue weighted by atomic mass is 10.1. The van der Waals surface area contributed by atoms with Gasteiger partial charge in [-0.3, -0.25) is 14.4 Å². The Morgan fingerprint density at radius 3 is 2.92 bits per heavy atom. The smallest absolute Gasteiger partial charge is 0.248 e. The van der Waals surface area contributed by atoms with Gasteiger partial charge in [-0.1, -0.05) is 23.7 Å². The van der Waals surface area contributed by atoms with Crippen molar-refractivity contribution in [3.8, 4) is 0 Å². The summed E-state index contributed by atoms with van der Waals surface area (Å²) in [6, 6.07) is 7.50. The lowest BCUT2D eigenvalue weighted by Gasteiger charge is -2.26. The van der Waals surface area contributed by atoms with Crippen LogP contribution in [0.25, 0.3) is 0 Å². The number of anilines is 1. The average Bonchev–Trinajstić information content (AvgIpc) is 3.02. The van der Waals surface area contributed by atoms with E-state index in [4.69, 9.17) is 16.3 Å². The molecule has 1 fully saturated rings. The van der Waals surface area contributed by atoms with Crippen molar-refractivity contribution >= 4 is 23.2 Å². The van der Waals surface area contributed by atoms with Gasteiger partial charge in [-0.25, -0.2) is 0 Å². The van der Waals surface area contributed by atoms with Gasteiger partial charge in [0.2, 0.25) is 5.91 Å². The van der Waals surface area contributed by atoms with Gasteiger partial charge in [-0.15, -0.1) is 0 Å². The number of amides is 1. The molecule has 1 aliphatic rings. The fourth-order valence-electron chi connectivity index (χ4n) is 2.66. The highest BCUT2D eigenvalue weighted by Gasteiger charge is 2.16. The first-order chi connectivity index (χ1) is 11.6. The molecule has 0 bridgehead atoms. The minimum atomic E-state index is -0.430. The quantitative estimate of drug-likeness (QED) is 0.902. The Bertz CT molecular complexity index is 697. The number of halogens is 1. The maximum Gasteiger partial charge on any atom is 0.248 e. The zero-order valence-electron chi connectivity index (χ0n) is 13.6. The topological polar surface area (TPSA) is 59.4 Å². The molecule has 3 rings (SSSR count). The highest BCUT2D eigenvalue weighted by molar-refractivity contribution is 6.30. The van der Waals surface area contributed by atoms with Gasteiger partial charge in [0, 0.05) is 31.5 Å². The van der Waals surface area contributed by atoms with E-state index in [1.807, 2.05) is 18.2 Å². The second kappa shape index (κ2) is 7.79. The van der Waals surface area contributed by atoms with Crippen LogP contribution >= 0.6 is 11.6 Å². The first-order valence-electron chi connectivity index (χ1n) is 8.01. The van der Waals surface area contributed by atoms with Gasteiger partial charge in [-0.05, 0) is 24.6 Å². The van der Waals surface area contributed by atoms with Gasteiger partial charge in [0.15, 0.2) is 0 Å². The van der Waals surface area contributed by atoms with Crippen LogP contribution in [0.15, 0.2) is 36.7 Å². The van der Waals surface area contributed by atoms with E-state index >= 15 is 0 Å². The van der Waals surface area contributed by atoms with E-state index < -0.39 is 6.04 Å². The van der Waals surface area contributed by atoms with E-state index in [-0.39, 0.29) is 5.91 Å². The number of benzene rings is 1. The zero-order chi connectivity index (χ0) is 16.9. The average molecular weight is 349 g/mol. The zero-order valence-corrected chi connectivity index (χ0v) is 14.4. The van der Waals surface area contributed by atoms with Crippen LogP contribution in [0.1, 0.15) is 18.5 Å². The predicted molar refractivity (Wildman–Crippen MR) is 93.1 cm³/mol. The first kappa shape index (κ1) is 17.0. The number of carbonyl (C=O) groups is 1. The van der Waals surface area contributed by atoms with Crippen LogP contribution < -0.4 is 5.32 Å². The molecule has 0 radical (unpaired) electrons. The third kappa shape index (κ3) is 4.35. The Morgan fingerprint density at radius 1 is 1.42 bits per heavy atom. The number of ether oxygens (including phenoxy) is 1. The van der Waals surface area contributed by atoms with Crippen molar-refractivity contribution in [2.45, 2.75) is 19.5 Å². The molecule has 1 amide bonds. The summed E-state index contributed by atoms with van der Waals surface area (Å²) in [6.07, 6.45) is 3.16. The molecular weight excluding hydrogens is 328 g/mol. The second-order valence-electron chi connectivity index (χ2n) is 5.89. The number of aromatic nitrogens is 2. The number of hydrogen-bond donors (Lipinski definition) is 1. The third-order valence-electron chi connectivity index (χ3n) is 4.05. The number of rotatable bonds is 5. The molecule has 1 unspecified atom stereocenters. The van der Waals surface area contributed by atoms with Gasteiger partial charge >= 0.3 is 0 Å². The monoisotopic (exact) mass is 348 g/mol. The van der Waals surface area contributed by atoms with E-state index in [0.29, 0.717) is 5.02 Å². The summed E-state index contributed by atoms with van der Waals surface area (Å²) in [4.78, 5) is 14.7. The number of hydrogen-bond acceptors (Lipinski definition) is 4. The van der Waals surface area contributed by atoms with Gasteiger partial charge in [0.05, 0.1) is 24.4 Å². The van der Waals surface area contributed by atoms with Crippen molar-refractivity contribution in [3.63, 3.8) is 0 Å². The van der Waals surface area contributed by atoms with Crippen molar-refractivity contribution in [2.75, 3.05) is 31.6 Å². The Hall–Kier alpha value is -1.89. The van der Waals surface area contributed by atoms with Crippen molar-refractivity contribution in [1.29, 1.82) is 0 Å². The standard InChI is InChI=1S/C17H21ClN4O2/c1-13(22-12-15(18)10-19-22)17(23)20-16-4-2-3-14(9-16)11-21-5-7-24-8-6-21/h2-4,9-10,12-13H,5-8,11H2,1H3,(H,20,23).